The summed E-state index contributed by atoms with van der Waals surface area (Å²) >= 11 is 0. The lowest BCUT2D eigenvalue weighted by atomic mass is 10.1. The van der Waals surface area contributed by atoms with Gasteiger partial charge in [0.2, 0.25) is 0 Å². The van der Waals surface area contributed by atoms with Crippen LogP contribution in [0.1, 0.15) is 0 Å². The Morgan fingerprint density at radius 3 is 2.26 bits per heavy atom. The summed E-state index contributed by atoms with van der Waals surface area (Å²) in [6.07, 6.45) is 1.66. The van der Waals surface area contributed by atoms with E-state index in [9.17, 15) is 4.39 Å². The third-order valence-corrected chi connectivity index (χ3v) is 3.45. The van der Waals surface area contributed by atoms with Crippen LogP contribution in [0, 0.1) is 5.82 Å². The van der Waals surface area contributed by atoms with Crippen LogP contribution in [0.15, 0.2) is 54.7 Å². The number of rotatable bonds is 4. The maximum absolute atomic E-state index is 13.8. The lowest BCUT2D eigenvalue weighted by Crippen LogP contribution is -1.94. The number of benzene rings is 2. The molecule has 1 aromatic heterocycles. The van der Waals surface area contributed by atoms with Crippen molar-refractivity contribution in [2.24, 2.45) is 0 Å². The van der Waals surface area contributed by atoms with Gasteiger partial charge in [-0.1, -0.05) is 0 Å². The molecule has 0 saturated heterocycles. The van der Waals surface area contributed by atoms with E-state index in [4.69, 9.17) is 9.47 Å². The Kier molecular flexibility index (Phi) is 4.19. The molecule has 0 aliphatic heterocycles. The maximum atomic E-state index is 13.8. The van der Waals surface area contributed by atoms with Gasteiger partial charge in [-0.2, -0.15) is 0 Å². The Morgan fingerprint density at radius 1 is 0.870 bits per heavy atom. The standard InChI is InChI=1S/C18H15FN2O2/c1-22-14-6-3-12(4-7-14)16-9-10-20-18(21-16)13-5-8-17(23-2)15(19)11-13/h3-11H,1-2H3. The third kappa shape index (κ3) is 3.13. The first-order valence-corrected chi connectivity index (χ1v) is 7.02. The molecule has 0 bridgehead atoms. The molecule has 0 N–H and O–H groups in total. The average Bonchev–Trinajstić information content (AvgIpc) is 2.62. The topological polar surface area (TPSA) is 44.2 Å². The van der Waals surface area contributed by atoms with Crippen molar-refractivity contribution in [3.05, 3.63) is 60.5 Å². The predicted molar refractivity (Wildman–Crippen MR) is 86.0 cm³/mol. The van der Waals surface area contributed by atoms with E-state index in [-0.39, 0.29) is 5.75 Å². The number of ether oxygens (including phenoxy) is 2. The van der Waals surface area contributed by atoms with Crippen LogP contribution in [0.4, 0.5) is 4.39 Å². The fourth-order valence-electron chi connectivity index (χ4n) is 2.23. The van der Waals surface area contributed by atoms with Crippen molar-refractivity contribution in [1.29, 1.82) is 0 Å². The molecule has 0 aliphatic rings. The molecule has 0 atom stereocenters. The summed E-state index contributed by atoms with van der Waals surface area (Å²) in [6, 6.07) is 14.0. The summed E-state index contributed by atoms with van der Waals surface area (Å²) in [4.78, 5) is 8.73. The minimum atomic E-state index is -0.441. The van der Waals surface area contributed by atoms with E-state index in [1.165, 1.54) is 13.2 Å². The van der Waals surface area contributed by atoms with Crippen LogP contribution in [0.25, 0.3) is 22.6 Å². The molecule has 3 aromatic rings. The highest BCUT2D eigenvalue weighted by molar-refractivity contribution is 5.64. The Labute approximate surface area is 133 Å². The van der Waals surface area contributed by atoms with Crippen molar-refractivity contribution < 1.29 is 13.9 Å². The lowest BCUT2D eigenvalue weighted by molar-refractivity contribution is 0.386. The zero-order valence-corrected chi connectivity index (χ0v) is 12.8. The van der Waals surface area contributed by atoms with Gasteiger partial charge in [0, 0.05) is 17.3 Å². The van der Waals surface area contributed by atoms with Crippen LogP contribution < -0.4 is 9.47 Å². The summed E-state index contributed by atoms with van der Waals surface area (Å²) in [7, 11) is 3.05. The quantitative estimate of drug-likeness (QED) is 0.731. The second-order valence-corrected chi connectivity index (χ2v) is 4.84. The van der Waals surface area contributed by atoms with E-state index in [2.05, 4.69) is 9.97 Å². The number of methoxy groups -OCH3 is 2. The molecule has 2 aromatic carbocycles. The van der Waals surface area contributed by atoms with E-state index in [1.807, 2.05) is 30.3 Å². The zero-order chi connectivity index (χ0) is 16.2. The van der Waals surface area contributed by atoms with Crippen molar-refractivity contribution in [2.75, 3.05) is 14.2 Å². The number of hydrogen-bond donors (Lipinski definition) is 0. The number of aromatic nitrogens is 2. The highest BCUT2D eigenvalue weighted by Crippen LogP contribution is 2.26. The number of halogens is 1. The van der Waals surface area contributed by atoms with Gasteiger partial charge in [0.25, 0.3) is 0 Å². The van der Waals surface area contributed by atoms with Crippen LogP contribution >= 0.6 is 0 Å². The molecule has 0 amide bonds. The smallest absolute Gasteiger partial charge is 0.165 e. The molecule has 0 aliphatic carbocycles. The first-order valence-electron chi connectivity index (χ1n) is 7.02. The molecule has 0 unspecified atom stereocenters. The molecule has 0 saturated carbocycles. The van der Waals surface area contributed by atoms with Gasteiger partial charge in [-0.05, 0) is 48.5 Å². The molecular weight excluding hydrogens is 295 g/mol. The van der Waals surface area contributed by atoms with Gasteiger partial charge in [0.1, 0.15) is 5.75 Å². The van der Waals surface area contributed by atoms with Gasteiger partial charge in [-0.3, -0.25) is 0 Å². The lowest BCUT2D eigenvalue weighted by Gasteiger charge is -2.07. The van der Waals surface area contributed by atoms with Gasteiger partial charge >= 0.3 is 0 Å². The van der Waals surface area contributed by atoms with Crippen molar-refractivity contribution in [3.8, 4) is 34.1 Å². The van der Waals surface area contributed by atoms with E-state index in [0.29, 0.717) is 11.4 Å². The predicted octanol–water partition coefficient (Wildman–Crippen LogP) is 3.97. The Hall–Kier alpha value is -2.95. The van der Waals surface area contributed by atoms with Crippen LogP contribution in [0.3, 0.4) is 0 Å². The van der Waals surface area contributed by atoms with Gasteiger partial charge in [-0.15, -0.1) is 0 Å². The molecular formula is C18H15FN2O2. The third-order valence-electron chi connectivity index (χ3n) is 3.45. The fraction of sp³-hybridized carbons (Fsp3) is 0.111. The Balaban J connectivity index is 1.97. The highest BCUT2D eigenvalue weighted by atomic mass is 19.1. The van der Waals surface area contributed by atoms with Crippen molar-refractivity contribution in [2.45, 2.75) is 0 Å². The SMILES string of the molecule is COc1ccc(-c2ccnc(-c3ccc(OC)c(F)c3)n2)cc1. The molecule has 0 radical (unpaired) electrons. The van der Waals surface area contributed by atoms with E-state index < -0.39 is 5.82 Å². The average molecular weight is 310 g/mol. The summed E-state index contributed by atoms with van der Waals surface area (Å²) < 4.78 is 23.9. The summed E-state index contributed by atoms with van der Waals surface area (Å²) in [5.41, 5.74) is 2.29. The minimum Gasteiger partial charge on any atom is -0.497 e. The fourth-order valence-corrected chi connectivity index (χ4v) is 2.23. The van der Waals surface area contributed by atoms with Crippen LogP contribution in [0.2, 0.25) is 0 Å². The molecule has 1 heterocycles. The van der Waals surface area contributed by atoms with Crippen molar-refractivity contribution in [1.82, 2.24) is 9.97 Å². The van der Waals surface area contributed by atoms with Crippen LogP contribution in [-0.2, 0) is 0 Å². The van der Waals surface area contributed by atoms with Crippen molar-refractivity contribution >= 4 is 0 Å². The first kappa shape index (κ1) is 15.0. The van der Waals surface area contributed by atoms with Crippen LogP contribution in [-0.4, -0.2) is 24.2 Å². The van der Waals surface area contributed by atoms with E-state index in [0.717, 1.165) is 17.0 Å². The van der Waals surface area contributed by atoms with Crippen LogP contribution in [0.5, 0.6) is 11.5 Å². The highest BCUT2D eigenvalue weighted by Gasteiger charge is 2.09. The number of nitrogens with zero attached hydrogens (tertiary/aromatic N) is 2. The normalized spacial score (nSPS) is 10.4. The second-order valence-electron chi connectivity index (χ2n) is 4.84. The van der Waals surface area contributed by atoms with Gasteiger partial charge in [0.15, 0.2) is 17.4 Å². The Bertz CT molecular complexity index is 820. The first-order chi connectivity index (χ1) is 11.2. The molecule has 116 valence electrons. The molecule has 23 heavy (non-hydrogen) atoms. The molecule has 3 rings (SSSR count). The Morgan fingerprint density at radius 2 is 1.61 bits per heavy atom. The van der Waals surface area contributed by atoms with Gasteiger partial charge in [0.05, 0.1) is 19.9 Å². The summed E-state index contributed by atoms with van der Waals surface area (Å²) in [5.74, 6) is 0.989. The number of hydrogen-bond acceptors (Lipinski definition) is 4. The monoisotopic (exact) mass is 310 g/mol. The minimum absolute atomic E-state index is 0.194. The molecule has 0 spiro atoms. The zero-order valence-electron chi connectivity index (χ0n) is 12.8. The van der Waals surface area contributed by atoms with Crippen molar-refractivity contribution in [3.63, 3.8) is 0 Å². The van der Waals surface area contributed by atoms with Gasteiger partial charge in [-0.25, -0.2) is 14.4 Å². The largest absolute Gasteiger partial charge is 0.497 e. The van der Waals surface area contributed by atoms with E-state index in [1.54, 1.807) is 25.4 Å². The molecule has 4 nitrogen and oxygen atoms in total. The molecule has 5 heteroatoms. The second kappa shape index (κ2) is 6.44. The van der Waals surface area contributed by atoms with Gasteiger partial charge < -0.3 is 9.47 Å². The maximum Gasteiger partial charge on any atom is 0.165 e. The molecule has 0 fully saturated rings. The summed E-state index contributed by atoms with van der Waals surface area (Å²) in [6.45, 7) is 0. The summed E-state index contributed by atoms with van der Waals surface area (Å²) in [5, 5.41) is 0. The van der Waals surface area contributed by atoms with E-state index >= 15 is 0 Å².